The zero-order valence-corrected chi connectivity index (χ0v) is 33.7. The number of carbonyl (C=O) groups excluding carboxylic acids is 1. The molecule has 1 aromatic heterocycles. The second-order valence-corrected chi connectivity index (χ2v) is 14.3. The molecule has 0 radical (unpaired) electrons. The molecule has 1 aromatic carbocycles. The van der Waals surface area contributed by atoms with E-state index in [0.29, 0.717) is 29.0 Å². The SMILES string of the molecule is C=C/C(=C\C=C(/C)C(Cc1ccc(C(=O)NCCS(=O)O)cc1)c1cc(C(/C=C/C)=C(F)/C=C\C)on1)C(C)(C)C.CC.CC1=CC=C(Cl)CC=C1. The summed E-state index contributed by atoms with van der Waals surface area (Å²) < 4.78 is 40.2. The molecule has 0 aliphatic heterocycles. The maximum atomic E-state index is 14.8. The van der Waals surface area contributed by atoms with Gasteiger partial charge in [0, 0.05) is 35.5 Å². The van der Waals surface area contributed by atoms with Crippen molar-refractivity contribution in [2.45, 2.75) is 81.1 Å². The van der Waals surface area contributed by atoms with Crippen LogP contribution in [-0.4, -0.2) is 32.1 Å². The van der Waals surface area contributed by atoms with Gasteiger partial charge in [0.25, 0.3) is 5.91 Å². The Morgan fingerprint density at radius 3 is 2.37 bits per heavy atom. The van der Waals surface area contributed by atoms with Crippen LogP contribution in [0.1, 0.15) is 102 Å². The minimum atomic E-state index is -1.96. The smallest absolute Gasteiger partial charge is 0.251 e. The van der Waals surface area contributed by atoms with Crippen LogP contribution in [0.4, 0.5) is 4.39 Å². The maximum absolute atomic E-state index is 14.8. The fourth-order valence-corrected chi connectivity index (χ4v) is 5.24. The van der Waals surface area contributed by atoms with E-state index in [9.17, 15) is 13.4 Å². The first-order valence-electron chi connectivity index (χ1n) is 17.5. The molecular weight excluding hydrogens is 695 g/mol. The van der Waals surface area contributed by atoms with Crippen molar-refractivity contribution in [3.05, 3.63) is 154 Å². The van der Waals surface area contributed by atoms with Crippen LogP contribution in [0.5, 0.6) is 0 Å². The number of benzene rings is 1. The Hall–Kier alpha value is -4.11. The minimum Gasteiger partial charge on any atom is -0.356 e. The molecule has 0 fully saturated rings. The van der Waals surface area contributed by atoms with E-state index >= 15 is 0 Å². The fourth-order valence-electron chi connectivity index (χ4n) is 4.81. The topological polar surface area (TPSA) is 92.4 Å². The number of nitrogens with one attached hydrogen (secondary N) is 1. The van der Waals surface area contributed by atoms with Gasteiger partial charge in [-0.05, 0) is 75.0 Å². The van der Waals surface area contributed by atoms with Gasteiger partial charge in [0.1, 0.15) is 5.83 Å². The molecule has 2 N–H and O–H groups in total. The Morgan fingerprint density at radius 2 is 1.79 bits per heavy atom. The van der Waals surface area contributed by atoms with E-state index in [1.807, 2.05) is 58.1 Å². The zero-order chi connectivity index (χ0) is 39.3. The van der Waals surface area contributed by atoms with Crippen molar-refractivity contribution in [2.75, 3.05) is 12.3 Å². The third kappa shape index (κ3) is 16.5. The van der Waals surface area contributed by atoms with Crippen molar-refractivity contribution in [1.82, 2.24) is 10.5 Å². The molecule has 1 heterocycles. The number of hydrogen-bond donors (Lipinski definition) is 2. The second-order valence-electron chi connectivity index (χ2n) is 12.7. The minimum absolute atomic E-state index is 0.0301. The molecular formula is C43H56ClFN2O4S. The predicted octanol–water partition coefficient (Wildman–Crippen LogP) is 11.9. The van der Waals surface area contributed by atoms with E-state index in [4.69, 9.17) is 20.7 Å². The third-order valence-corrected chi connectivity index (χ3v) is 8.49. The normalized spacial score (nSPS) is 15.3. The van der Waals surface area contributed by atoms with Crippen LogP contribution in [0.2, 0.25) is 0 Å². The van der Waals surface area contributed by atoms with Crippen molar-refractivity contribution in [1.29, 1.82) is 0 Å². The Kier molecular flexibility index (Phi) is 21.4. The van der Waals surface area contributed by atoms with Crippen molar-refractivity contribution >= 4 is 34.2 Å². The Bertz CT molecular complexity index is 1730. The van der Waals surface area contributed by atoms with E-state index < -0.39 is 16.9 Å². The van der Waals surface area contributed by atoms with E-state index in [-0.39, 0.29) is 29.5 Å². The lowest BCUT2D eigenvalue weighted by Gasteiger charge is -2.20. The monoisotopic (exact) mass is 750 g/mol. The first-order chi connectivity index (χ1) is 24.7. The van der Waals surface area contributed by atoms with Gasteiger partial charge in [0.2, 0.25) is 0 Å². The summed E-state index contributed by atoms with van der Waals surface area (Å²) >= 11 is 3.79. The Balaban J connectivity index is 0.00000105. The van der Waals surface area contributed by atoms with Gasteiger partial charge >= 0.3 is 0 Å². The highest BCUT2D eigenvalue weighted by Gasteiger charge is 2.22. The van der Waals surface area contributed by atoms with Gasteiger partial charge in [-0.1, -0.05) is 136 Å². The largest absolute Gasteiger partial charge is 0.356 e. The molecule has 1 amide bonds. The van der Waals surface area contributed by atoms with Crippen molar-refractivity contribution in [3.8, 4) is 0 Å². The van der Waals surface area contributed by atoms with Crippen molar-refractivity contribution < 1.29 is 22.5 Å². The molecule has 1 aliphatic carbocycles. The summed E-state index contributed by atoms with van der Waals surface area (Å²) in [7, 11) is 0. The van der Waals surface area contributed by atoms with Crippen LogP contribution in [0, 0.1) is 5.41 Å². The zero-order valence-electron chi connectivity index (χ0n) is 32.1. The molecule has 0 saturated carbocycles. The summed E-state index contributed by atoms with van der Waals surface area (Å²) in [5.41, 5.74) is 5.68. The van der Waals surface area contributed by atoms with Crippen molar-refractivity contribution in [3.63, 3.8) is 0 Å². The van der Waals surface area contributed by atoms with Crippen LogP contribution in [0.25, 0.3) is 5.57 Å². The molecule has 0 bridgehead atoms. The number of amides is 1. The molecule has 2 unspecified atom stereocenters. The molecule has 6 nitrogen and oxygen atoms in total. The number of rotatable bonds is 13. The Morgan fingerprint density at radius 1 is 1.13 bits per heavy atom. The summed E-state index contributed by atoms with van der Waals surface area (Å²) in [6, 6.07) is 8.96. The molecule has 2 aromatic rings. The molecule has 282 valence electrons. The second kappa shape index (κ2) is 24.2. The lowest BCUT2D eigenvalue weighted by molar-refractivity contribution is 0.0956. The molecule has 9 heteroatoms. The van der Waals surface area contributed by atoms with Gasteiger partial charge in [-0.15, -0.1) is 0 Å². The summed E-state index contributed by atoms with van der Waals surface area (Å²) in [6.45, 7) is 22.1. The molecule has 2 atom stereocenters. The average molecular weight is 751 g/mol. The van der Waals surface area contributed by atoms with E-state index in [2.05, 4.69) is 69.1 Å². The Labute approximate surface area is 318 Å². The maximum Gasteiger partial charge on any atom is 0.251 e. The summed E-state index contributed by atoms with van der Waals surface area (Å²) in [5, 5.41) is 7.89. The van der Waals surface area contributed by atoms with Crippen LogP contribution >= 0.6 is 11.6 Å². The van der Waals surface area contributed by atoms with Crippen LogP contribution in [0.15, 0.2) is 136 Å². The first kappa shape index (κ1) is 45.9. The number of carbonyl (C=O) groups is 1. The summed E-state index contributed by atoms with van der Waals surface area (Å²) in [6.07, 6.45) is 21.9. The van der Waals surface area contributed by atoms with E-state index in [0.717, 1.165) is 28.2 Å². The average Bonchev–Trinajstić information content (AvgIpc) is 3.50. The standard InChI is InChI=1S/C33H41FN2O4S.C8H9Cl.C2H6/c1-8-11-27(29(34)12-9-2)31-22-30(36-40-31)28(23(4)13-18-26(10-3)33(5,6)7)21-24-14-16-25(17-15-24)32(37)35-19-20-41(38)39;1-7-3-2-4-8(9)6-5-7;1-2/h8-18,22,28H,3,19-21H2,1-2,4-7H3,(H,35,37)(H,38,39);2-3,5-6H,4H2,1H3;1-2H3/b11-8+,12-9-,23-13+,26-18+,29-27-;;. The van der Waals surface area contributed by atoms with E-state index in [1.54, 1.807) is 43.4 Å². The van der Waals surface area contributed by atoms with Gasteiger partial charge in [-0.3, -0.25) is 4.79 Å². The fraction of sp³-hybridized carbons (Fsp3) is 0.349. The highest BCUT2D eigenvalue weighted by atomic mass is 35.5. The van der Waals surface area contributed by atoms with Gasteiger partial charge < -0.3 is 14.4 Å². The molecule has 0 saturated heterocycles. The number of allylic oxidation sites excluding steroid dienone is 17. The highest BCUT2D eigenvalue weighted by Crippen LogP contribution is 2.33. The van der Waals surface area contributed by atoms with Crippen LogP contribution < -0.4 is 5.32 Å². The molecule has 52 heavy (non-hydrogen) atoms. The predicted molar refractivity (Wildman–Crippen MR) is 219 cm³/mol. The van der Waals surface area contributed by atoms with E-state index in [1.165, 1.54) is 11.6 Å². The third-order valence-electron chi connectivity index (χ3n) is 7.65. The van der Waals surface area contributed by atoms with Crippen molar-refractivity contribution in [2.24, 2.45) is 5.41 Å². The molecule has 3 rings (SSSR count). The number of halogens is 2. The van der Waals surface area contributed by atoms with Gasteiger partial charge in [-0.2, -0.15) is 0 Å². The summed E-state index contributed by atoms with van der Waals surface area (Å²) in [5.74, 6) is -0.617. The molecule has 0 spiro atoms. The number of hydrogen-bond acceptors (Lipinski definition) is 4. The molecule has 1 aliphatic rings. The quantitative estimate of drug-likeness (QED) is 0.157. The lowest BCUT2D eigenvalue weighted by atomic mass is 9.85. The highest BCUT2D eigenvalue weighted by molar-refractivity contribution is 7.79. The lowest BCUT2D eigenvalue weighted by Crippen LogP contribution is -2.27. The number of nitrogens with zero attached hydrogens (tertiary/aromatic N) is 1. The number of aromatic nitrogens is 1. The van der Waals surface area contributed by atoms with Gasteiger partial charge in [-0.25, -0.2) is 8.60 Å². The van der Waals surface area contributed by atoms with Crippen LogP contribution in [-0.2, 0) is 17.5 Å². The van der Waals surface area contributed by atoms with Gasteiger partial charge in [0.05, 0.1) is 17.0 Å². The van der Waals surface area contributed by atoms with Crippen LogP contribution in [0.3, 0.4) is 0 Å². The first-order valence-corrected chi connectivity index (χ1v) is 19.1. The van der Waals surface area contributed by atoms with Gasteiger partial charge in [0.15, 0.2) is 16.8 Å². The summed E-state index contributed by atoms with van der Waals surface area (Å²) in [4.78, 5) is 12.4.